The van der Waals surface area contributed by atoms with Crippen molar-refractivity contribution in [3.05, 3.63) is 0 Å². The van der Waals surface area contributed by atoms with Crippen molar-refractivity contribution in [2.75, 3.05) is 52.9 Å². The third kappa shape index (κ3) is 3.91. The predicted octanol–water partition coefficient (Wildman–Crippen LogP) is 0.596. The first-order chi connectivity index (χ1) is 8.07. The summed E-state index contributed by atoms with van der Waals surface area (Å²) in [6.45, 7) is 12.3. The Bertz CT molecular complexity index is 231. The van der Waals surface area contributed by atoms with E-state index >= 15 is 0 Å². The summed E-state index contributed by atoms with van der Waals surface area (Å²) in [7, 11) is 2.20. The quantitative estimate of drug-likeness (QED) is 0.783. The molecule has 0 radical (unpaired) electrons. The molecule has 2 heterocycles. The van der Waals surface area contributed by atoms with Gasteiger partial charge in [0.25, 0.3) is 0 Å². The van der Waals surface area contributed by atoms with E-state index in [0.717, 1.165) is 26.1 Å². The molecule has 0 aromatic heterocycles. The van der Waals surface area contributed by atoms with Gasteiger partial charge in [-0.1, -0.05) is 6.92 Å². The Hall–Kier alpha value is -0.160. The van der Waals surface area contributed by atoms with Crippen LogP contribution in [0.5, 0.6) is 0 Å². The third-order valence-electron chi connectivity index (χ3n) is 4.01. The highest BCUT2D eigenvalue weighted by Gasteiger charge is 2.30. The Kier molecular flexibility index (Phi) is 4.42. The van der Waals surface area contributed by atoms with E-state index in [1.807, 2.05) is 0 Å². The first-order valence-electron chi connectivity index (χ1n) is 6.87. The molecule has 0 aromatic rings. The first kappa shape index (κ1) is 13.3. The fraction of sp³-hybridized carbons (Fsp3) is 1.00. The lowest BCUT2D eigenvalue weighted by Crippen LogP contribution is -2.54. The van der Waals surface area contributed by atoms with E-state index in [2.05, 4.69) is 36.0 Å². The molecular formula is C13H27N3O. The van der Waals surface area contributed by atoms with Gasteiger partial charge in [0.05, 0.1) is 6.61 Å². The van der Waals surface area contributed by atoms with Gasteiger partial charge in [-0.3, -0.25) is 5.32 Å². The van der Waals surface area contributed by atoms with Crippen LogP contribution < -0.4 is 5.32 Å². The minimum atomic E-state index is -0.101. The van der Waals surface area contributed by atoms with Gasteiger partial charge in [0.1, 0.15) is 5.72 Å². The Morgan fingerprint density at radius 1 is 1.29 bits per heavy atom. The standard InChI is InChI=1S/C13H27N3O/c1-12-10-14-13(2,17-11-12)4-5-16-8-6-15(3)7-9-16/h12,14H,4-11H2,1-3H3. The maximum atomic E-state index is 5.94. The fourth-order valence-electron chi connectivity index (χ4n) is 2.43. The normalized spacial score (nSPS) is 37.2. The monoisotopic (exact) mass is 241 g/mol. The zero-order chi connectivity index (χ0) is 12.3. The molecule has 4 heteroatoms. The average molecular weight is 241 g/mol. The van der Waals surface area contributed by atoms with Crippen molar-refractivity contribution >= 4 is 0 Å². The third-order valence-corrected chi connectivity index (χ3v) is 4.01. The molecule has 0 aromatic carbocycles. The maximum absolute atomic E-state index is 5.94. The van der Waals surface area contributed by atoms with Gasteiger partial charge in [0, 0.05) is 45.7 Å². The molecule has 4 nitrogen and oxygen atoms in total. The maximum Gasteiger partial charge on any atom is 0.117 e. The van der Waals surface area contributed by atoms with Crippen LogP contribution in [-0.2, 0) is 4.74 Å². The molecule has 0 amide bonds. The Morgan fingerprint density at radius 3 is 2.59 bits per heavy atom. The Morgan fingerprint density at radius 2 is 2.00 bits per heavy atom. The summed E-state index contributed by atoms with van der Waals surface area (Å²) in [5.41, 5.74) is -0.101. The largest absolute Gasteiger partial charge is 0.361 e. The van der Waals surface area contributed by atoms with Crippen molar-refractivity contribution in [3.63, 3.8) is 0 Å². The van der Waals surface area contributed by atoms with Gasteiger partial charge in [0.2, 0.25) is 0 Å². The van der Waals surface area contributed by atoms with Crippen molar-refractivity contribution in [2.45, 2.75) is 26.0 Å². The minimum absolute atomic E-state index is 0.101. The lowest BCUT2D eigenvalue weighted by atomic mass is 10.1. The van der Waals surface area contributed by atoms with E-state index in [9.17, 15) is 0 Å². The van der Waals surface area contributed by atoms with Crippen LogP contribution in [0.3, 0.4) is 0 Å². The van der Waals surface area contributed by atoms with Gasteiger partial charge >= 0.3 is 0 Å². The van der Waals surface area contributed by atoms with Crippen LogP contribution in [0.1, 0.15) is 20.3 Å². The highest BCUT2D eigenvalue weighted by Crippen LogP contribution is 2.19. The second-order valence-electron chi connectivity index (χ2n) is 5.92. The Balaban J connectivity index is 1.70. The van der Waals surface area contributed by atoms with E-state index in [-0.39, 0.29) is 5.72 Å². The van der Waals surface area contributed by atoms with Gasteiger partial charge in [-0.2, -0.15) is 0 Å². The average Bonchev–Trinajstić information content (AvgIpc) is 2.33. The topological polar surface area (TPSA) is 27.7 Å². The second kappa shape index (κ2) is 5.65. The Labute approximate surface area is 105 Å². The number of ether oxygens (including phenoxy) is 1. The zero-order valence-corrected chi connectivity index (χ0v) is 11.5. The SMILES string of the molecule is CC1CNC(C)(CCN2CCN(C)CC2)OC1. The zero-order valence-electron chi connectivity index (χ0n) is 11.5. The van der Waals surface area contributed by atoms with E-state index in [4.69, 9.17) is 4.74 Å². The smallest absolute Gasteiger partial charge is 0.117 e. The molecule has 2 unspecified atom stereocenters. The first-order valence-corrected chi connectivity index (χ1v) is 6.87. The molecule has 2 fully saturated rings. The van der Waals surface area contributed by atoms with Crippen molar-refractivity contribution < 1.29 is 4.74 Å². The molecular weight excluding hydrogens is 214 g/mol. The molecule has 2 aliphatic heterocycles. The molecule has 2 saturated heterocycles. The van der Waals surface area contributed by atoms with Crippen LogP contribution in [0, 0.1) is 5.92 Å². The van der Waals surface area contributed by atoms with Gasteiger partial charge in [-0.05, 0) is 19.9 Å². The summed E-state index contributed by atoms with van der Waals surface area (Å²) in [6, 6.07) is 0. The molecule has 0 saturated carbocycles. The molecule has 17 heavy (non-hydrogen) atoms. The molecule has 0 spiro atoms. The number of piperazine rings is 1. The summed E-state index contributed by atoms with van der Waals surface area (Å²) in [6.07, 6.45) is 1.09. The van der Waals surface area contributed by atoms with E-state index in [1.165, 1.54) is 26.2 Å². The summed E-state index contributed by atoms with van der Waals surface area (Å²) in [4.78, 5) is 4.95. The van der Waals surface area contributed by atoms with Crippen LogP contribution in [-0.4, -0.2) is 68.4 Å². The van der Waals surface area contributed by atoms with E-state index in [1.54, 1.807) is 0 Å². The molecule has 100 valence electrons. The van der Waals surface area contributed by atoms with Crippen LogP contribution in [0.25, 0.3) is 0 Å². The lowest BCUT2D eigenvalue weighted by molar-refractivity contribution is -0.109. The number of likely N-dealkylation sites (N-methyl/N-ethyl adjacent to an activating group) is 1. The van der Waals surface area contributed by atoms with Crippen LogP contribution in [0.15, 0.2) is 0 Å². The molecule has 2 aliphatic rings. The lowest BCUT2D eigenvalue weighted by Gasteiger charge is -2.40. The number of nitrogens with zero attached hydrogens (tertiary/aromatic N) is 2. The minimum Gasteiger partial charge on any atom is -0.361 e. The van der Waals surface area contributed by atoms with Crippen molar-refractivity contribution in [2.24, 2.45) is 5.92 Å². The number of nitrogens with one attached hydrogen (secondary N) is 1. The molecule has 2 atom stereocenters. The van der Waals surface area contributed by atoms with Crippen LogP contribution >= 0.6 is 0 Å². The highest BCUT2D eigenvalue weighted by atomic mass is 16.5. The number of hydrogen-bond donors (Lipinski definition) is 1. The van der Waals surface area contributed by atoms with Crippen LogP contribution in [0.2, 0.25) is 0 Å². The molecule has 2 rings (SSSR count). The second-order valence-corrected chi connectivity index (χ2v) is 5.92. The molecule has 0 aliphatic carbocycles. The van der Waals surface area contributed by atoms with Crippen molar-refractivity contribution in [1.82, 2.24) is 15.1 Å². The number of hydrogen-bond acceptors (Lipinski definition) is 4. The van der Waals surface area contributed by atoms with Gasteiger partial charge in [0.15, 0.2) is 0 Å². The number of rotatable bonds is 3. The van der Waals surface area contributed by atoms with Crippen molar-refractivity contribution in [1.29, 1.82) is 0 Å². The predicted molar refractivity (Wildman–Crippen MR) is 70.1 cm³/mol. The van der Waals surface area contributed by atoms with Gasteiger partial charge in [-0.25, -0.2) is 0 Å². The fourth-order valence-corrected chi connectivity index (χ4v) is 2.43. The van der Waals surface area contributed by atoms with E-state index < -0.39 is 0 Å². The molecule has 0 bridgehead atoms. The summed E-state index contributed by atoms with van der Waals surface area (Å²) >= 11 is 0. The summed E-state index contributed by atoms with van der Waals surface area (Å²) in [5.74, 6) is 0.645. The highest BCUT2D eigenvalue weighted by molar-refractivity contribution is 4.81. The van der Waals surface area contributed by atoms with Gasteiger partial charge < -0.3 is 14.5 Å². The van der Waals surface area contributed by atoms with E-state index in [0.29, 0.717) is 5.92 Å². The summed E-state index contributed by atoms with van der Waals surface area (Å²) < 4.78 is 5.94. The van der Waals surface area contributed by atoms with Crippen LogP contribution in [0.4, 0.5) is 0 Å². The van der Waals surface area contributed by atoms with Gasteiger partial charge in [-0.15, -0.1) is 0 Å². The summed E-state index contributed by atoms with van der Waals surface area (Å²) in [5, 5.41) is 3.53. The molecule has 1 N–H and O–H groups in total. The van der Waals surface area contributed by atoms with Crippen molar-refractivity contribution in [3.8, 4) is 0 Å².